The summed E-state index contributed by atoms with van der Waals surface area (Å²) in [5.74, 6) is 0.978. The third-order valence-electron chi connectivity index (χ3n) is 5.73. The maximum atomic E-state index is 6.05. The van der Waals surface area contributed by atoms with Gasteiger partial charge in [-0.05, 0) is 60.5 Å². The molecule has 1 N–H and O–H groups in total. The van der Waals surface area contributed by atoms with Crippen molar-refractivity contribution in [1.82, 2.24) is 15.2 Å². The molecule has 1 unspecified atom stereocenters. The lowest BCUT2D eigenvalue weighted by molar-refractivity contribution is 0.222. The zero-order valence-corrected chi connectivity index (χ0v) is 16.8. The zero-order valence-electron chi connectivity index (χ0n) is 16.8. The summed E-state index contributed by atoms with van der Waals surface area (Å²) in [6.45, 7) is 9.19. The second-order valence-corrected chi connectivity index (χ2v) is 7.29. The molecule has 0 radical (unpaired) electrons. The van der Waals surface area contributed by atoms with Crippen LogP contribution in [0.3, 0.4) is 0 Å². The molecule has 1 aliphatic heterocycles. The molecular weight excluding hydrogens is 346 g/mol. The number of hydrogen-bond donors (Lipinski definition) is 1. The number of likely N-dealkylation sites (N-methyl/N-ethyl adjacent to an activating group) is 1. The first kappa shape index (κ1) is 18.9. The molecule has 0 bridgehead atoms. The summed E-state index contributed by atoms with van der Waals surface area (Å²) in [4.78, 5) is 6.90. The van der Waals surface area contributed by atoms with E-state index in [9.17, 15) is 0 Å². The van der Waals surface area contributed by atoms with Crippen LogP contribution in [0.4, 0.5) is 0 Å². The summed E-state index contributed by atoms with van der Waals surface area (Å²) in [6, 6.07) is 17.3. The van der Waals surface area contributed by atoms with Crippen LogP contribution < -0.4 is 10.1 Å². The number of aromatic nitrogens is 1. The standard InChI is InChI=1S/C24H29N3O/c1-3-27(4-2)15-16-28-19-9-10-20-18(17-19)11-13-26-24(20)22-12-14-25-23-8-6-5-7-21(22)23/h5-10,12,14,17,24,26H,3-4,11,13,15-16H2,1-2H3. The van der Waals surface area contributed by atoms with Gasteiger partial charge in [-0.2, -0.15) is 0 Å². The fraction of sp³-hybridized carbons (Fsp3) is 0.375. The van der Waals surface area contributed by atoms with Crippen molar-refractivity contribution in [2.24, 2.45) is 0 Å². The lowest BCUT2D eigenvalue weighted by Crippen LogP contribution is -2.31. The fourth-order valence-electron chi connectivity index (χ4n) is 4.11. The van der Waals surface area contributed by atoms with E-state index in [4.69, 9.17) is 4.74 Å². The number of fused-ring (bicyclic) bond motifs is 2. The predicted molar refractivity (Wildman–Crippen MR) is 115 cm³/mol. The van der Waals surface area contributed by atoms with Crippen LogP contribution in [0.5, 0.6) is 5.75 Å². The van der Waals surface area contributed by atoms with Gasteiger partial charge in [0.05, 0.1) is 11.6 Å². The Hall–Kier alpha value is -2.43. The van der Waals surface area contributed by atoms with Crippen LogP contribution in [0.15, 0.2) is 54.7 Å². The molecule has 146 valence electrons. The zero-order chi connectivity index (χ0) is 19.3. The van der Waals surface area contributed by atoms with Crippen molar-refractivity contribution in [2.45, 2.75) is 26.3 Å². The van der Waals surface area contributed by atoms with Crippen LogP contribution in [0.25, 0.3) is 10.9 Å². The molecule has 0 saturated carbocycles. The molecule has 3 aromatic rings. The van der Waals surface area contributed by atoms with Gasteiger partial charge < -0.3 is 15.0 Å². The van der Waals surface area contributed by atoms with Gasteiger partial charge in [-0.15, -0.1) is 0 Å². The average molecular weight is 376 g/mol. The van der Waals surface area contributed by atoms with Gasteiger partial charge in [0, 0.05) is 24.7 Å². The first-order valence-corrected chi connectivity index (χ1v) is 10.3. The Morgan fingerprint density at radius 1 is 1.07 bits per heavy atom. The Morgan fingerprint density at radius 3 is 2.79 bits per heavy atom. The van der Waals surface area contributed by atoms with Gasteiger partial charge in [0.25, 0.3) is 0 Å². The number of hydrogen-bond acceptors (Lipinski definition) is 4. The van der Waals surface area contributed by atoms with Crippen molar-refractivity contribution >= 4 is 10.9 Å². The Bertz CT molecular complexity index is 931. The van der Waals surface area contributed by atoms with Crippen LogP contribution in [0.2, 0.25) is 0 Å². The maximum absolute atomic E-state index is 6.05. The minimum Gasteiger partial charge on any atom is -0.492 e. The van der Waals surface area contributed by atoms with Crippen LogP contribution in [-0.2, 0) is 6.42 Å². The Labute approximate surface area is 167 Å². The van der Waals surface area contributed by atoms with Gasteiger partial charge >= 0.3 is 0 Å². The van der Waals surface area contributed by atoms with Crippen molar-refractivity contribution in [3.05, 3.63) is 71.4 Å². The molecule has 0 saturated heterocycles. The number of ether oxygens (including phenoxy) is 1. The van der Waals surface area contributed by atoms with Gasteiger partial charge in [0.1, 0.15) is 12.4 Å². The third kappa shape index (κ3) is 3.89. The number of nitrogens with one attached hydrogen (secondary N) is 1. The SMILES string of the molecule is CCN(CC)CCOc1ccc2c(c1)CCNC2c1ccnc2ccccc12. The molecule has 4 nitrogen and oxygen atoms in total. The van der Waals surface area contributed by atoms with E-state index in [0.717, 1.165) is 50.5 Å². The Balaban J connectivity index is 1.57. The van der Waals surface area contributed by atoms with Crippen molar-refractivity contribution in [2.75, 3.05) is 32.8 Å². The maximum Gasteiger partial charge on any atom is 0.119 e. The summed E-state index contributed by atoms with van der Waals surface area (Å²) in [7, 11) is 0. The summed E-state index contributed by atoms with van der Waals surface area (Å²) >= 11 is 0. The second-order valence-electron chi connectivity index (χ2n) is 7.29. The van der Waals surface area contributed by atoms with E-state index in [0.29, 0.717) is 0 Å². The molecule has 1 aromatic heterocycles. The van der Waals surface area contributed by atoms with Gasteiger partial charge in [0.2, 0.25) is 0 Å². The molecular formula is C24H29N3O. The van der Waals surface area contributed by atoms with Gasteiger partial charge in [-0.25, -0.2) is 0 Å². The summed E-state index contributed by atoms with van der Waals surface area (Å²) in [5.41, 5.74) is 5.07. The highest BCUT2D eigenvalue weighted by Gasteiger charge is 2.23. The number of nitrogens with zero attached hydrogens (tertiary/aromatic N) is 2. The molecule has 1 atom stereocenters. The number of benzene rings is 2. The minimum atomic E-state index is 0.196. The molecule has 1 aliphatic rings. The van der Waals surface area contributed by atoms with Crippen LogP contribution in [0, 0.1) is 0 Å². The molecule has 0 aliphatic carbocycles. The van der Waals surface area contributed by atoms with Gasteiger partial charge in [-0.3, -0.25) is 4.98 Å². The van der Waals surface area contributed by atoms with Crippen LogP contribution in [-0.4, -0.2) is 42.7 Å². The third-order valence-corrected chi connectivity index (χ3v) is 5.73. The van der Waals surface area contributed by atoms with E-state index in [1.807, 2.05) is 12.3 Å². The quantitative estimate of drug-likeness (QED) is 0.672. The Kier molecular flexibility index (Phi) is 5.89. The lowest BCUT2D eigenvalue weighted by atomic mass is 9.88. The van der Waals surface area contributed by atoms with Gasteiger partial charge in [-0.1, -0.05) is 38.1 Å². The molecule has 0 fully saturated rings. The van der Waals surface area contributed by atoms with E-state index in [-0.39, 0.29) is 6.04 Å². The first-order chi connectivity index (χ1) is 13.8. The van der Waals surface area contributed by atoms with Crippen LogP contribution >= 0.6 is 0 Å². The highest BCUT2D eigenvalue weighted by atomic mass is 16.5. The van der Waals surface area contributed by atoms with E-state index in [2.05, 4.69) is 71.5 Å². The van der Waals surface area contributed by atoms with Crippen molar-refractivity contribution in [1.29, 1.82) is 0 Å². The molecule has 0 amide bonds. The normalized spacial score (nSPS) is 16.3. The molecule has 4 rings (SSSR count). The number of para-hydroxylation sites is 1. The summed E-state index contributed by atoms with van der Waals surface area (Å²) in [6.07, 6.45) is 2.94. The number of pyridine rings is 1. The monoisotopic (exact) mass is 375 g/mol. The van der Waals surface area contributed by atoms with Crippen molar-refractivity contribution in [3.8, 4) is 5.75 Å². The average Bonchev–Trinajstić information content (AvgIpc) is 2.76. The predicted octanol–water partition coefficient (Wildman–Crippen LogP) is 4.19. The lowest BCUT2D eigenvalue weighted by Gasteiger charge is -2.28. The van der Waals surface area contributed by atoms with Crippen molar-refractivity contribution < 1.29 is 4.74 Å². The minimum absolute atomic E-state index is 0.196. The highest BCUT2D eigenvalue weighted by molar-refractivity contribution is 5.83. The first-order valence-electron chi connectivity index (χ1n) is 10.3. The smallest absolute Gasteiger partial charge is 0.119 e. The molecule has 2 aromatic carbocycles. The molecule has 2 heterocycles. The summed E-state index contributed by atoms with van der Waals surface area (Å²) in [5, 5.41) is 4.92. The molecule has 4 heteroatoms. The molecule has 0 spiro atoms. The molecule has 28 heavy (non-hydrogen) atoms. The van der Waals surface area contributed by atoms with E-state index in [1.54, 1.807) is 0 Å². The largest absolute Gasteiger partial charge is 0.492 e. The second kappa shape index (κ2) is 8.72. The van der Waals surface area contributed by atoms with Gasteiger partial charge in [0.15, 0.2) is 0 Å². The topological polar surface area (TPSA) is 37.4 Å². The van der Waals surface area contributed by atoms with Crippen LogP contribution in [0.1, 0.15) is 36.6 Å². The fourth-order valence-corrected chi connectivity index (χ4v) is 4.11. The number of rotatable bonds is 7. The summed E-state index contributed by atoms with van der Waals surface area (Å²) < 4.78 is 6.05. The van der Waals surface area contributed by atoms with E-state index >= 15 is 0 Å². The highest BCUT2D eigenvalue weighted by Crippen LogP contribution is 2.34. The van der Waals surface area contributed by atoms with Crippen molar-refractivity contribution in [3.63, 3.8) is 0 Å². The van der Waals surface area contributed by atoms with E-state index < -0.39 is 0 Å². The Morgan fingerprint density at radius 2 is 1.93 bits per heavy atom. The van der Waals surface area contributed by atoms with E-state index in [1.165, 1.54) is 22.1 Å².